The summed E-state index contributed by atoms with van der Waals surface area (Å²) in [6, 6.07) is 14.1. The van der Waals surface area contributed by atoms with Crippen LogP contribution in [-0.4, -0.2) is 45.6 Å². The van der Waals surface area contributed by atoms with Crippen LogP contribution in [0.15, 0.2) is 73.1 Å². The van der Waals surface area contributed by atoms with Crippen molar-refractivity contribution in [3.63, 3.8) is 0 Å². The fraction of sp³-hybridized carbons (Fsp3) is 0.200. The van der Waals surface area contributed by atoms with Crippen LogP contribution in [0.2, 0.25) is 0 Å². The zero-order valence-corrected chi connectivity index (χ0v) is 18.9. The normalized spacial score (nSPS) is 12.2. The first-order chi connectivity index (χ1) is 16.8. The summed E-state index contributed by atoms with van der Waals surface area (Å²) in [7, 11) is 0. The molecule has 3 N–H and O–H groups in total. The minimum absolute atomic E-state index is 0.0111. The molecule has 1 aromatic carbocycles. The third kappa shape index (κ3) is 7.53. The average molecular weight is 477 g/mol. The van der Waals surface area contributed by atoms with Crippen molar-refractivity contribution >= 4 is 23.5 Å². The lowest BCUT2D eigenvalue weighted by Crippen LogP contribution is -2.53. The summed E-state index contributed by atoms with van der Waals surface area (Å²) in [5.74, 6) is -3.92. The van der Waals surface area contributed by atoms with Gasteiger partial charge in [-0.2, -0.15) is 4.39 Å². The molecule has 0 aliphatic carbocycles. The molecule has 180 valence electrons. The van der Waals surface area contributed by atoms with Crippen LogP contribution in [0.5, 0.6) is 0 Å². The lowest BCUT2D eigenvalue weighted by molar-refractivity contribution is -0.140. The lowest BCUT2D eigenvalue weighted by Gasteiger charge is -2.21. The molecule has 0 saturated carbocycles. The minimum Gasteiger partial charge on any atom is -0.344 e. The highest BCUT2D eigenvalue weighted by Gasteiger charge is 2.29. The standard InChI is InChI=1S/C25H24FN5O4/c1-16(30-24(34)18-10-12-28-21(26)14-18)23(33)31-20(13-17-7-3-2-4-8-17)22(32)25(35)29-15-19-9-5-6-11-27-19/h2-12,14,16,20H,13,15H2,1H3,(H,29,35)(H,30,34)(H,31,33)/t16-,20-/m1/s1. The number of benzene rings is 1. The summed E-state index contributed by atoms with van der Waals surface area (Å²) in [5.41, 5.74) is 1.29. The average Bonchev–Trinajstić information content (AvgIpc) is 2.87. The van der Waals surface area contributed by atoms with E-state index in [-0.39, 0.29) is 18.5 Å². The molecule has 0 radical (unpaired) electrons. The smallest absolute Gasteiger partial charge is 0.289 e. The largest absolute Gasteiger partial charge is 0.344 e. The van der Waals surface area contributed by atoms with Gasteiger partial charge in [0.15, 0.2) is 0 Å². The maximum absolute atomic E-state index is 13.3. The van der Waals surface area contributed by atoms with Crippen LogP contribution in [0.3, 0.4) is 0 Å². The van der Waals surface area contributed by atoms with Crippen LogP contribution < -0.4 is 16.0 Å². The van der Waals surface area contributed by atoms with Gasteiger partial charge in [0.05, 0.1) is 12.2 Å². The number of carbonyl (C=O) groups excluding carboxylic acids is 4. The molecule has 0 saturated heterocycles. The zero-order chi connectivity index (χ0) is 25.2. The first kappa shape index (κ1) is 25.2. The Labute approximate surface area is 201 Å². The Kier molecular flexibility index (Phi) is 8.71. The molecule has 3 rings (SSSR count). The van der Waals surface area contributed by atoms with Gasteiger partial charge >= 0.3 is 0 Å². The Balaban J connectivity index is 1.67. The number of nitrogens with zero attached hydrogens (tertiary/aromatic N) is 2. The number of hydrogen-bond acceptors (Lipinski definition) is 6. The first-order valence-corrected chi connectivity index (χ1v) is 10.8. The topological polar surface area (TPSA) is 130 Å². The van der Waals surface area contributed by atoms with Crippen molar-refractivity contribution < 1.29 is 23.6 Å². The molecule has 2 aromatic heterocycles. The van der Waals surface area contributed by atoms with Crippen molar-refractivity contribution in [1.82, 2.24) is 25.9 Å². The van der Waals surface area contributed by atoms with Crippen molar-refractivity contribution in [3.05, 3.63) is 95.8 Å². The van der Waals surface area contributed by atoms with Crippen LogP contribution in [0.25, 0.3) is 0 Å². The molecule has 10 heteroatoms. The van der Waals surface area contributed by atoms with Crippen molar-refractivity contribution in [3.8, 4) is 0 Å². The number of rotatable bonds is 10. The van der Waals surface area contributed by atoms with E-state index in [1.165, 1.54) is 13.0 Å². The Morgan fingerprint density at radius 1 is 0.914 bits per heavy atom. The van der Waals surface area contributed by atoms with Crippen molar-refractivity contribution in [2.75, 3.05) is 0 Å². The van der Waals surface area contributed by atoms with Gasteiger partial charge in [0.25, 0.3) is 11.8 Å². The SMILES string of the molecule is C[C@@H](NC(=O)c1ccnc(F)c1)C(=O)N[C@H](Cc1ccccc1)C(=O)C(=O)NCc1ccccn1. The third-order valence-electron chi connectivity index (χ3n) is 5.03. The highest BCUT2D eigenvalue weighted by molar-refractivity contribution is 6.38. The van der Waals surface area contributed by atoms with Crippen LogP contribution in [0.1, 0.15) is 28.5 Å². The van der Waals surface area contributed by atoms with Crippen molar-refractivity contribution in [2.45, 2.75) is 32.0 Å². The molecule has 0 aliphatic rings. The highest BCUT2D eigenvalue weighted by atomic mass is 19.1. The van der Waals surface area contributed by atoms with Gasteiger partial charge in [0, 0.05) is 30.4 Å². The number of ketones is 1. The predicted molar refractivity (Wildman–Crippen MR) is 124 cm³/mol. The van der Waals surface area contributed by atoms with E-state index in [9.17, 15) is 23.6 Å². The van der Waals surface area contributed by atoms with E-state index < -0.39 is 41.5 Å². The maximum atomic E-state index is 13.3. The second-order valence-electron chi connectivity index (χ2n) is 7.68. The van der Waals surface area contributed by atoms with Crippen molar-refractivity contribution in [2.24, 2.45) is 0 Å². The van der Waals surface area contributed by atoms with E-state index in [0.29, 0.717) is 5.69 Å². The van der Waals surface area contributed by atoms with Gasteiger partial charge in [0.2, 0.25) is 17.6 Å². The Bertz CT molecular complexity index is 1190. The van der Waals surface area contributed by atoms with E-state index in [0.717, 1.165) is 17.8 Å². The third-order valence-corrected chi connectivity index (χ3v) is 5.03. The first-order valence-electron chi connectivity index (χ1n) is 10.8. The molecule has 0 aliphatic heterocycles. The molecule has 9 nitrogen and oxygen atoms in total. The molecular weight excluding hydrogens is 453 g/mol. The lowest BCUT2D eigenvalue weighted by atomic mass is 10.0. The maximum Gasteiger partial charge on any atom is 0.289 e. The molecular formula is C25H24FN5O4. The summed E-state index contributed by atoms with van der Waals surface area (Å²) in [6.45, 7) is 1.46. The Hall–Kier alpha value is -4.47. The molecule has 0 unspecified atom stereocenters. The summed E-state index contributed by atoms with van der Waals surface area (Å²) in [6.07, 6.45) is 2.77. The summed E-state index contributed by atoms with van der Waals surface area (Å²) < 4.78 is 13.3. The summed E-state index contributed by atoms with van der Waals surface area (Å²) in [5, 5.41) is 7.50. The van der Waals surface area contributed by atoms with Gasteiger partial charge in [-0.05, 0) is 30.7 Å². The van der Waals surface area contributed by atoms with Crippen molar-refractivity contribution in [1.29, 1.82) is 0 Å². The monoisotopic (exact) mass is 477 g/mol. The molecule has 0 fully saturated rings. The van der Waals surface area contributed by atoms with Gasteiger partial charge in [-0.1, -0.05) is 36.4 Å². The number of nitrogens with one attached hydrogen (secondary N) is 3. The van der Waals surface area contributed by atoms with Crippen LogP contribution in [0.4, 0.5) is 4.39 Å². The summed E-state index contributed by atoms with van der Waals surface area (Å²) in [4.78, 5) is 58.0. The van der Waals surface area contributed by atoms with Crippen LogP contribution in [-0.2, 0) is 27.3 Å². The van der Waals surface area contributed by atoms with E-state index in [4.69, 9.17) is 0 Å². The van der Waals surface area contributed by atoms with Crippen LogP contribution in [0, 0.1) is 5.95 Å². The number of pyridine rings is 2. The van der Waals surface area contributed by atoms with E-state index in [1.807, 2.05) is 0 Å². The van der Waals surface area contributed by atoms with Crippen LogP contribution >= 0.6 is 0 Å². The van der Waals surface area contributed by atoms with E-state index in [2.05, 4.69) is 25.9 Å². The van der Waals surface area contributed by atoms with E-state index in [1.54, 1.807) is 54.7 Å². The number of aromatic nitrogens is 2. The number of Topliss-reactive ketones (excluding diaryl/α,β-unsaturated/α-hetero) is 1. The molecule has 0 bridgehead atoms. The van der Waals surface area contributed by atoms with Gasteiger partial charge in [-0.25, -0.2) is 4.98 Å². The second-order valence-corrected chi connectivity index (χ2v) is 7.68. The zero-order valence-electron chi connectivity index (χ0n) is 18.9. The number of halogens is 1. The Morgan fingerprint density at radius 3 is 2.34 bits per heavy atom. The summed E-state index contributed by atoms with van der Waals surface area (Å²) >= 11 is 0. The van der Waals surface area contributed by atoms with Gasteiger partial charge in [-0.3, -0.25) is 24.2 Å². The molecule has 3 amide bonds. The molecule has 3 aromatic rings. The molecule has 2 heterocycles. The molecule has 2 atom stereocenters. The fourth-order valence-electron chi connectivity index (χ4n) is 3.16. The van der Waals surface area contributed by atoms with E-state index >= 15 is 0 Å². The highest BCUT2D eigenvalue weighted by Crippen LogP contribution is 2.06. The molecule has 35 heavy (non-hydrogen) atoms. The minimum atomic E-state index is -1.17. The Morgan fingerprint density at radius 2 is 1.66 bits per heavy atom. The second kappa shape index (κ2) is 12.1. The van der Waals surface area contributed by atoms with Gasteiger partial charge in [-0.15, -0.1) is 0 Å². The number of amides is 3. The van der Waals surface area contributed by atoms with Gasteiger partial charge < -0.3 is 16.0 Å². The molecule has 0 spiro atoms. The predicted octanol–water partition coefficient (Wildman–Crippen LogP) is 1.35. The number of hydrogen-bond donors (Lipinski definition) is 3. The quantitative estimate of drug-likeness (QED) is 0.299. The fourth-order valence-corrected chi connectivity index (χ4v) is 3.16. The number of carbonyl (C=O) groups is 4. The van der Waals surface area contributed by atoms with Gasteiger partial charge in [0.1, 0.15) is 12.1 Å².